The quantitative estimate of drug-likeness (QED) is 0.336. The third kappa shape index (κ3) is 7.41. The number of aliphatic hydroxyl groups excluding tert-OH is 1. The van der Waals surface area contributed by atoms with Gasteiger partial charge in [-0.15, -0.1) is 0 Å². The van der Waals surface area contributed by atoms with Crippen molar-refractivity contribution >= 4 is 22.0 Å². The van der Waals surface area contributed by atoms with Crippen LogP contribution in [-0.4, -0.2) is 87.0 Å². The Morgan fingerprint density at radius 1 is 1.14 bits per heavy atom. The normalized spacial score (nSPS) is 25.1. The zero-order chi connectivity index (χ0) is 29.7. The van der Waals surface area contributed by atoms with Crippen LogP contribution >= 0.6 is 0 Å². The number of nitrogens with one attached hydrogen (secondary N) is 2. The fraction of sp³-hybridized carbons (Fsp3) is 0.533. The molecule has 6 atom stereocenters. The summed E-state index contributed by atoms with van der Waals surface area (Å²) in [5, 5.41) is 17.1. The lowest BCUT2D eigenvalue weighted by molar-refractivity contribution is -0.119. The third-order valence-corrected chi connectivity index (χ3v) is 10.2. The van der Waals surface area contributed by atoms with E-state index in [9.17, 15) is 23.1 Å². The Bertz CT molecular complexity index is 1310. The van der Waals surface area contributed by atoms with Crippen LogP contribution in [0.5, 0.6) is 5.75 Å². The van der Waals surface area contributed by atoms with Crippen molar-refractivity contribution in [3.05, 3.63) is 60.2 Å². The van der Waals surface area contributed by atoms with Gasteiger partial charge in [0.15, 0.2) is 0 Å². The number of carbonyl (C=O) groups excluding carboxylic acids is 2. The van der Waals surface area contributed by atoms with Crippen molar-refractivity contribution < 1.29 is 37.3 Å². The molecule has 1 aliphatic carbocycles. The van der Waals surface area contributed by atoms with Crippen molar-refractivity contribution in [3.63, 3.8) is 0 Å². The maximum atomic E-state index is 13.8. The molecule has 11 nitrogen and oxygen atoms in total. The Labute approximate surface area is 246 Å². The molecule has 1 saturated carbocycles. The highest BCUT2D eigenvalue weighted by atomic mass is 32.2. The highest BCUT2D eigenvalue weighted by Gasteiger charge is 2.41. The average molecular weight is 602 g/mol. The molecule has 2 amide bonds. The van der Waals surface area contributed by atoms with Crippen LogP contribution in [-0.2, 0) is 30.7 Å². The number of fused-ring (bicyclic) bond motifs is 1. The van der Waals surface area contributed by atoms with E-state index >= 15 is 0 Å². The van der Waals surface area contributed by atoms with E-state index in [-0.39, 0.29) is 42.5 Å². The summed E-state index contributed by atoms with van der Waals surface area (Å²) < 4.78 is 45.4. The highest BCUT2D eigenvalue weighted by molar-refractivity contribution is 7.89. The minimum absolute atomic E-state index is 0.0233. The number of hydrogen-bond donors (Lipinski definition) is 3. The van der Waals surface area contributed by atoms with Gasteiger partial charge in [-0.2, -0.15) is 4.31 Å². The number of nitrogens with zero attached hydrogens (tertiary/aromatic N) is 1. The number of aliphatic hydroxyl groups is 1. The lowest BCUT2D eigenvalue weighted by Gasteiger charge is -2.31. The van der Waals surface area contributed by atoms with Gasteiger partial charge in [0, 0.05) is 38.6 Å². The van der Waals surface area contributed by atoms with E-state index in [1.165, 1.54) is 23.5 Å². The van der Waals surface area contributed by atoms with Crippen LogP contribution in [0.1, 0.15) is 37.7 Å². The number of methoxy groups -OCH3 is 1. The van der Waals surface area contributed by atoms with E-state index in [0.29, 0.717) is 30.9 Å². The largest absolute Gasteiger partial charge is 0.497 e. The molecule has 3 aliphatic rings. The number of sulfonamides is 1. The fourth-order valence-corrected chi connectivity index (χ4v) is 7.57. The topological polar surface area (TPSA) is 144 Å². The second-order valence-corrected chi connectivity index (χ2v) is 13.2. The minimum Gasteiger partial charge on any atom is -0.497 e. The summed E-state index contributed by atoms with van der Waals surface area (Å²) in [6, 6.07) is 14.1. The summed E-state index contributed by atoms with van der Waals surface area (Å²) >= 11 is 0. The molecule has 2 aromatic carbocycles. The van der Waals surface area contributed by atoms with Crippen LogP contribution in [0.15, 0.2) is 59.5 Å². The van der Waals surface area contributed by atoms with E-state index in [4.69, 9.17) is 14.2 Å². The van der Waals surface area contributed by atoms with E-state index in [0.717, 1.165) is 25.0 Å². The van der Waals surface area contributed by atoms with Gasteiger partial charge in [-0.1, -0.05) is 30.3 Å². The maximum Gasteiger partial charge on any atom is 0.407 e. The van der Waals surface area contributed by atoms with Gasteiger partial charge >= 0.3 is 6.09 Å². The van der Waals surface area contributed by atoms with E-state index < -0.39 is 34.3 Å². The van der Waals surface area contributed by atoms with Crippen molar-refractivity contribution in [1.82, 2.24) is 14.9 Å². The molecule has 2 heterocycles. The first-order chi connectivity index (χ1) is 20.2. The van der Waals surface area contributed by atoms with Crippen LogP contribution < -0.4 is 15.4 Å². The van der Waals surface area contributed by atoms with Gasteiger partial charge in [0.2, 0.25) is 15.9 Å². The number of alkyl carbamates (subject to hydrolysis) is 1. The number of rotatable bonds is 12. The van der Waals surface area contributed by atoms with Crippen molar-refractivity contribution in [1.29, 1.82) is 0 Å². The first-order valence-electron chi connectivity index (χ1n) is 14.5. The molecule has 2 aromatic rings. The van der Waals surface area contributed by atoms with Crippen LogP contribution in [0.4, 0.5) is 4.79 Å². The molecule has 0 bridgehead atoms. The molecule has 3 N–H and O–H groups in total. The molecule has 0 aromatic heterocycles. The molecule has 5 rings (SSSR count). The minimum atomic E-state index is -4.08. The van der Waals surface area contributed by atoms with Crippen molar-refractivity contribution in [2.24, 2.45) is 5.92 Å². The standard InChI is InChI=1S/C30H39N3O8S/c1-39-23-8-10-25(11-9-23)42(37,38)33(18-22-7-12-29(35)31-22)19-27(34)26(15-20-5-3-2-4-6-20)32-30(36)41-24-16-21-13-14-40-28(21)17-24/h2-6,8-11,21-22,24,26-28,34H,7,12-19H2,1H3,(H,31,35)(H,32,36)/t21-,22+,24+,26-,27+,28+/m0/s1. The van der Waals surface area contributed by atoms with Gasteiger partial charge in [0.25, 0.3) is 0 Å². The number of ether oxygens (including phenoxy) is 3. The first kappa shape index (κ1) is 30.3. The Kier molecular flexibility index (Phi) is 9.67. The Balaban J connectivity index is 1.33. The van der Waals surface area contributed by atoms with Crippen LogP contribution in [0.3, 0.4) is 0 Å². The highest BCUT2D eigenvalue weighted by Crippen LogP contribution is 2.37. The van der Waals surface area contributed by atoms with Gasteiger partial charge in [0.1, 0.15) is 11.9 Å². The van der Waals surface area contributed by atoms with Crippen molar-refractivity contribution in [2.45, 2.75) is 73.8 Å². The molecule has 0 spiro atoms. The maximum absolute atomic E-state index is 13.8. The molecule has 0 unspecified atom stereocenters. The van der Waals surface area contributed by atoms with Gasteiger partial charge < -0.3 is 30.0 Å². The van der Waals surface area contributed by atoms with Crippen molar-refractivity contribution in [3.8, 4) is 5.75 Å². The van der Waals surface area contributed by atoms with E-state index in [1.54, 1.807) is 12.1 Å². The lowest BCUT2D eigenvalue weighted by atomic mass is 10.0. The lowest BCUT2D eigenvalue weighted by Crippen LogP contribution is -2.52. The number of amides is 2. The van der Waals surface area contributed by atoms with Crippen LogP contribution in [0.2, 0.25) is 0 Å². The third-order valence-electron chi connectivity index (χ3n) is 8.34. The summed E-state index contributed by atoms with van der Waals surface area (Å²) in [6.07, 6.45) is 1.29. The second kappa shape index (κ2) is 13.4. The molecular formula is C30H39N3O8S. The number of carbonyl (C=O) groups is 2. The monoisotopic (exact) mass is 601 g/mol. The summed E-state index contributed by atoms with van der Waals surface area (Å²) in [7, 11) is -2.59. The molecule has 228 valence electrons. The molecular weight excluding hydrogens is 562 g/mol. The second-order valence-electron chi connectivity index (χ2n) is 11.3. The summed E-state index contributed by atoms with van der Waals surface area (Å²) in [5.41, 5.74) is 0.860. The summed E-state index contributed by atoms with van der Waals surface area (Å²) in [6.45, 7) is 0.407. The summed E-state index contributed by atoms with van der Waals surface area (Å²) in [5.74, 6) is 0.753. The van der Waals surface area contributed by atoms with E-state index in [2.05, 4.69) is 10.6 Å². The first-order valence-corrected chi connectivity index (χ1v) is 15.9. The van der Waals surface area contributed by atoms with Gasteiger partial charge in [-0.3, -0.25) is 4.79 Å². The molecule has 2 saturated heterocycles. The fourth-order valence-electron chi connectivity index (χ4n) is 6.06. The number of benzene rings is 2. The van der Waals surface area contributed by atoms with E-state index in [1.807, 2.05) is 30.3 Å². The smallest absolute Gasteiger partial charge is 0.407 e. The molecule has 3 fully saturated rings. The van der Waals surface area contributed by atoms with Gasteiger partial charge in [-0.25, -0.2) is 13.2 Å². The predicted molar refractivity (Wildman–Crippen MR) is 153 cm³/mol. The molecule has 2 aliphatic heterocycles. The Hall–Kier alpha value is -3.19. The zero-order valence-corrected chi connectivity index (χ0v) is 24.5. The van der Waals surface area contributed by atoms with Crippen LogP contribution in [0, 0.1) is 5.92 Å². The molecule has 42 heavy (non-hydrogen) atoms. The van der Waals surface area contributed by atoms with Gasteiger partial charge in [0.05, 0.1) is 30.3 Å². The Morgan fingerprint density at radius 2 is 1.90 bits per heavy atom. The van der Waals surface area contributed by atoms with Gasteiger partial charge in [-0.05, 0) is 61.4 Å². The predicted octanol–water partition coefficient (Wildman–Crippen LogP) is 2.23. The average Bonchev–Trinajstić information content (AvgIpc) is 3.69. The zero-order valence-electron chi connectivity index (χ0n) is 23.7. The number of hydrogen-bond acceptors (Lipinski definition) is 8. The SMILES string of the molecule is COc1ccc(S(=O)(=O)N(C[C@H]2CCC(=O)N2)C[C@@H](O)[C@H](Cc2ccccc2)NC(=O)O[C@@H]2C[C@@H]3CCO[C@@H]3C2)cc1. The summed E-state index contributed by atoms with van der Waals surface area (Å²) in [4.78, 5) is 24.9. The molecule has 12 heteroatoms. The molecule has 0 radical (unpaired) electrons. The van der Waals surface area contributed by atoms with Crippen LogP contribution in [0.25, 0.3) is 0 Å². The van der Waals surface area contributed by atoms with Crippen molar-refractivity contribution in [2.75, 3.05) is 26.8 Å². The Morgan fingerprint density at radius 3 is 2.57 bits per heavy atom.